The van der Waals surface area contributed by atoms with Crippen molar-refractivity contribution in [3.8, 4) is 28.8 Å². The molecule has 0 aliphatic carbocycles. The van der Waals surface area contributed by atoms with Gasteiger partial charge in [-0.05, 0) is 50.6 Å². The molecule has 1 amide bonds. The zero-order chi connectivity index (χ0) is 24.9. The fourth-order valence-electron chi connectivity index (χ4n) is 4.12. The Balaban J connectivity index is 1.61. The van der Waals surface area contributed by atoms with Crippen LogP contribution in [0.15, 0.2) is 60.9 Å². The summed E-state index contributed by atoms with van der Waals surface area (Å²) in [7, 11) is 4.74. The summed E-state index contributed by atoms with van der Waals surface area (Å²) in [6.07, 6.45) is 4.37. The highest BCUT2D eigenvalue weighted by molar-refractivity contribution is 5.98. The summed E-state index contributed by atoms with van der Waals surface area (Å²) in [5, 5.41) is 7.76. The second-order valence-corrected chi connectivity index (χ2v) is 8.12. The van der Waals surface area contributed by atoms with E-state index in [1.54, 1.807) is 26.0 Å². The van der Waals surface area contributed by atoms with E-state index in [4.69, 9.17) is 19.3 Å². The van der Waals surface area contributed by atoms with Gasteiger partial charge in [0.05, 0.1) is 32.7 Å². The Morgan fingerprint density at radius 3 is 2.23 bits per heavy atom. The third-order valence-electron chi connectivity index (χ3n) is 5.86. The van der Waals surface area contributed by atoms with Crippen LogP contribution in [0.1, 0.15) is 27.2 Å². The van der Waals surface area contributed by atoms with E-state index < -0.39 is 0 Å². The Hall–Kier alpha value is -4.20. The lowest BCUT2D eigenvalue weighted by molar-refractivity contribution is 0.0953. The lowest BCUT2D eigenvalue weighted by Gasteiger charge is -2.16. The molecule has 35 heavy (non-hydrogen) atoms. The van der Waals surface area contributed by atoms with Gasteiger partial charge >= 0.3 is 0 Å². The second kappa shape index (κ2) is 10.4. The molecule has 0 aliphatic heterocycles. The number of aromatic nitrogens is 3. The van der Waals surface area contributed by atoms with Gasteiger partial charge in [-0.2, -0.15) is 5.10 Å². The first-order chi connectivity index (χ1) is 17.0. The van der Waals surface area contributed by atoms with Crippen LogP contribution in [-0.2, 0) is 6.42 Å². The van der Waals surface area contributed by atoms with Gasteiger partial charge in [0.25, 0.3) is 5.91 Å². The summed E-state index contributed by atoms with van der Waals surface area (Å²) in [4.78, 5) is 13.4. The van der Waals surface area contributed by atoms with E-state index in [-0.39, 0.29) is 5.91 Å². The van der Waals surface area contributed by atoms with Crippen LogP contribution >= 0.6 is 0 Å². The van der Waals surface area contributed by atoms with Crippen molar-refractivity contribution < 1.29 is 19.0 Å². The van der Waals surface area contributed by atoms with Crippen molar-refractivity contribution in [2.45, 2.75) is 20.3 Å². The maximum atomic E-state index is 13.4. The summed E-state index contributed by atoms with van der Waals surface area (Å²) in [5.74, 6) is 2.22. The Bertz CT molecular complexity index is 1310. The highest BCUT2D eigenvalue weighted by Crippen LogP contribution is 2.39. The van der Waals surface area contributed by atoms with Crippen LogP contribution in [0.5, 0.6) is 17.2 Å². The Labute approximate surface area is 205 Å². The molecule has 182 valence electrons. The molecule has 1 N–H and O–H groups in total. The predicted octanol–water partition coefficient (Wildman–Crippen LogP) is 4.28. The zero-order valence-electron chi connectivity index (χ0n) is 20.7. The van der Waals surface area contributed by atoms with Gasteiger partial charge in [-0.1, -0.05) is 23.8 Å². The predicted molar refractivity (Wildman–Crippen MR) is 135 cm³/mol. The molecule has 2 aromatic heterocycles. The van der Waals surface area contributed by atoms with Crippen LogP contribution in [-0.4, -0.2) is 48.1 Å². The molecule has 2 aromatic carbocycles. The van der Waals surface area contributed by atoms with Crippen LogP contribution in [0.3, 0.4) is 0 Å². The van der Waals surface area contributed by atoms with E-state index >= 15 is 0 Å². The molecule has 0 spiro atoms. The maximum Gasteiger partial charge on any atom is 0.257 e. The Morgan fingerprint density at radius 1 is 0.914 bits per heavy atom. The van der Waals surface area contributed by atoms with Gasteiger partial charge in [0, 0.05) is 24.5 Å². The number of benzene rings is 2. The Kier molecular flexibility index (Phi) is 7.10. The van der Waals surface area contributed by atoms with Crippen LogP contribution in [0, 0.1) is 13.8 Å². The number of hydrogen-bond donors (Lipinski definition) is 1. The molecular formula is C27H30N4O4. The molecule has 0 atom stereocenters. The number of carbonyl (C=O) groups is 1. The van der Waals surface area contributed by atoms with E-state index in [0.29, 0.717) is 47.3 Å². The first kappa shape index (κ1) is 23.9. The van der Waals surface area contributed by atoms with Crippen LogP contribution in [0.4, 0.5) is 0 Å². The highest BCUT2D eigenvalue weighted by Gasteiger charge is 2.24. The first-order valence-corrected chi connectivity index (χ1v) is 11.3. The molecule has 8 nitrogen and oxygen atoms in total. The van der Waals surface area contributed by atoms with E-state index in [1.807, 2.05) is 79.3 Å². The summed E-state index contributed by atoms with van der Waals surface area (Å²) < 4.78 is 20.1. The number of nitrogens with zero attached hydrogens (tertiary/aromatic N) is 3. The number of hydrogen-bond acceptors (Lipinski definition) is 5. The largest absolute Gasteiger partial charge is 0.493 e. The molecule has 0 fully saturated rings. The van der Waals surface area contributed by atoms with Gasteiger partial charge in [-0.15, -0.1) is 0 Å². The molecule has 0 radical (unpaired) electrons. The first-order valence-electron chi connectivity index (χ1n) is 11.3. The van der Waals surface area contributed by atoms with Crippen molar-refractivity contribution in [3.05, 3.63) is 83.3 Å². The fourth-order valence-corrected chi connectivity index (χ4v) is 4.12. The number of methoxy groups -OCH3 is 3. The van der Waals surface area contributed by atoms with Gasteiger partial charge in [0.15, 0.2) is 17.3 Å². The van der Waals surface area contributed by atoms with Crippen molar-refractivity contribution in [1.82, 2.24) is 19.7 Å². The maximum absolute atomic E-state index is 13.4. The molecule has 0 unspecified atom stereocenters. The van der Waals surface area contributed by atoms with Gasteiger partial charge in [-0.3, -0.25) is 4.79 Å². The number of ether oxygens (including phenoxy) is 3. The molecular weight excluding hydrogens is 444 g/mol. The second-order valence-electron chi connectivity index (χ2n) is 8.12. The monoisotopic (exact) mass is 474 g/mol. The average molecular weight is 475 g/mol. The summed E-state index contributed by atoms with van der Waals surface area (Å²) in [6, 6.07) is 15.7. The molecule has 4 rings (SSSR count). The van der Waals surface area contributed by atoms with E-state index in [2.05, 4.69) is 5.32 Å². The van der Waals surface area contributed by atoms with Crippen molar-refractivity contribution in [2.24, 2.45) is 0 Å². The minimum Gasteiger partial charge on any atom is -0.493 e. The third kappa shape index (κ3) is 4.73. The molecule has 2 heterocycles. The minimum absolute atomic E-state index is 0.191. The van der Waals surface area contributed by atoms with E-state index in [9.17, 15) is 4.79 Å². The number of nitrogens with one attached hydrogen (secondary N) is 1. The van der Waals surface area contributed by atoms with Crippen molar-refractivity contribution in [2.75, 3.05) is 27.9 Å². The molecule has 0 saturated heterocycles. The van der Waals surface area contributed by atoms with Gasteiger partial charge in [0.2, 0.25) is 5.75 Å². The van der Waals surface area contributed by atoms with Crippen molar-refractivity contribution in [3.63, 3.8) is 0 Å². The number of carbonyl (C=O) groups excluding carboxylic acids is 1. The quantitative estimate of drug-likeness (QED) is 0.392. The van der Waals surface area contributed by atoms with Crippen LogP contribution in [0.2, 0.25) is 0 Å². The highest BCUT2D eigenvalue weighted by atomic mass is 16.5. The number of rotatable bonds is 9. The van der Waals surface area contributed by atoms with E-state index in [1.165, 1.54) is 0 Å². The molecule has 4 aromatic rings. The molecule has 8 heteroatoms. The smallest absolute Gasteiger partial charge is 0.257 e. The molecule has 0 saturated carbocycles. The SMILES string of the molecule is COc1ccc(CCNC(=O)c2c(C)nn(-c3ccc(C)cc3)c2-n2cccc2)c(OC)c1OC. The minimum atomic E-state index is -0.191. The molecule has 0 aliphatic rings. The average Bonchev–Trinajstić information content (AvgIpc) is 3.51. The summed E-state index contributed by atoms with van der Waals surface area (Å²) >= 11 is 0. The van der Waals surface area contributed by atoms with E-state index in [0.717, 1.165) is 16.8 Å². The lowest BCUT2D eigenvalue weighted by Crippen LogP contribution is -2.27. The lowest BCUT2D eigenvalue weighted by atomic mass is 10.1. The van der Waals surface area contributed by atoms with Gasteiger partial charge in [0.1, 0.15) is 5.56 Å². The Morgan fingerprint density at radius 2 is 1.60 bits per heavy atom. The van der Waals surface area contributed by atoms with Crippen molar-refractivity contribution >= 4 is 5.91 Å². The van der Waals surface area contributed by atoms with Gasteiger partial charge < -0.3 is 24.1 Å². The fraction of sp³-hybridized carbons (Fsp3) is 0.259. The summed E-state index contributed by atoms with van der Waals surface area (Å²) in [5.41, 5.74) is 4.12. The van der Waals surface area contributed by atoms with Crippen molar-refractivity contribution in [1.29, 1.82) is 0 Å². The van der Waals surface area contributed by atoms with Gasteiger partial charge in [-0.25, -0.2) is 4.68 Å². The zero-order valence-corrected chi connectivity index (χ0v) is 20.7. The number of amides is 1. The molecule has 0 bridgehead atoms. The van der Waals surface area contributed by atoms with Crippen LogP contribution in [0.25, 0.3) is 11.5 Å². The topological polar surface area (TPSA) is 79.5 Å². The third-order valence-corrected chi connectivity index (χ3v) is 5.86. The standard InChI is InChI=1S/C27H30N4O4/c1-18-8-11-21(12-9-18)31-27(30-16-6-7-17-30)23(19(2)29-31)26(32)28-15-14-20-10-13-22(33-3)25(35-5)24(20)34-4/h6-13,16-17H,14-15H2,1-5H3,(H,28,32). The summed E-state index contributed by atoms with van der Waals surface area (Å²) in [6.45, 7) is 4.30. The normalized spacial score (nSPS) is 10.8. The van der Waals surface area contributed by atoms with Crippen LogP contribution < -0.4 is 19.5 Å². The number of aryl methyl sites for hydroxylation is 2.